The van der Waals surface area contributed by atoms with Gasteiger partial charge in [-0.15, -0.1) is 0 Å². The highest BCUT2D eigenvalue weighted by Crippen LogP contribution is 2.41. The molecule has 0 bridgehead atoms. The summed E-state index contributed by atoms with van der Waals surface area (Å²) in [6.45, 7) is -0.247. The van der Waals surface area contributed by atoms with Crippen LogP contribution >= 0.6 is 11.6 Å². The van der Waals surface area contributed by atoms with Crippen LogP contribution in [0.2, 0.25) is 5.02 Å². The van der Waals surface area contributed by atoms with Gasteiger partial charge in [-0.2, -0.15) is 4.31 Å². The molecule has 0 saturated carbocycles. The van der Waals surface area contributed by atoms with E-state index in [1.807, 2.05) is 0 Å². The monoisotopic (exact) mass is 446 g/mol. The number of para-hydroxylation sites is 3. The zero-order valence-electron chi connectivity index (χ0n) is 15.7. The molecule has 0 aliphatic carbocycles. The van der Waals surface area contributed by atoms with Gasteiger partial charge in [0.05, 0.1) is 19.3 Å². The number of nitrogens with zero attached hydrogens (tertiary/aromatic N) is 2. The van der Waals surface area contributed by atoms with Crippen molar-refractivity contribution in [3.05, 3.63) is 83.1 Å². The van der Waals surface area contributed by atoms with Crippen LogP contribution in [0.25, 0.3) is 0 Å². The van der Waals surface area contributed by atoms with Crippen LogP contribution in [0, 0.1) is 5.82 Å². The van der Waals surface area contributed by atoms with Gasteiger partial charge in [-0.05, 0) is 36.4 Å². The first-order valence-corrected chi connectivity index (χ1v) is 10.7. The van der Waals surface area contributed by atoms with Crippen molar-refractivity contribution in [2.45, 2.75) is 11.4 Å². The molecule has 1 aliphatic heterocycles. The number of fused-ring (bicyclic) bond motifs is 1. The summed E-state index contributed by atoms with van der Waals surface area (Å²) in [6, 6.07) is 15.7. The number of carbonyl (C=O) groups is 1. The van der Waals surface area contributed by atoms with Crippen LogP contribution in [0.1, 0.15) is 5.56 Å². The highest BCUT2D eigenvalue weighted by atomic mass is 35.5. The number of carbonyl (C=O) groups excluding carboxylic acids is 1. The average Bonchev–Trinajstić information content (AvgIpc) is 2.73. The normalized spacial score (nSPS) is 15.1. The van der Waals surface area contributed by atoms with E-state index in [0.717, 1.165) is 0 Å². The Balaban J connectivity index is 1.92. The Labute approximate surface area is 178 Å². The summed E-state index contributed by atoms with van der Waals surface area (Å²) in [6.07, 6.45) is 0. The Morgan fingerprint density at radius 1 is 0.967 bits per heavy atom. The second kappa shape index (κ2) is 7.62. The van der Waals surface area contributed by atoms with Crippen molar-refractivity contribution in [2.75, 3.05) is 16.3 Å². The fraction of sp³-hybridized carbons (Fsp3) is 0.0952. The summed E-state index contributed by atoms with van der Waals surface area (Å²) < 4.78 is 47.0. The van der Waals surface area contributed by atoms with E-state index in [-0.39, 0.29) is 39.2 Å². The zero-order chi connectivity index (χ0) is 21.5. The quantitative estimate of drug-likeness (QED) is 0.576. The van der Waals surface area contributed by atoms with E-state index < -0.39 is 21.9 Å². The van der Waals surface area contributed by atoms with Gasteiger partial charge >= 0.3 is 6.03 Å². The highest BCUT2D eigenvalue weighted by Gasteiger charge is 2.43. The number of sulfonamides is 1. The summed E-state index contributed by atoms with van der Waals surface area (Å²) in [5.74, 6) is -0.386. The first kappa shape index (κ1) is 20.2. The van der Waals surface area contributed by atoms with Gasteiger partial charge in [-0.3, -0.25) is 4.90 Å². The third kappa shape index (κ3) is 3.18. The summed E-state index contributed by atoms with van der Waals surface area (Å²) >= 11 is 6.15. The van der Waals surface area contributed by atoms with Gasteiger partial charge in [-0.25, -0.2) is 17.6 Å². The lowest BCUT2D eigenvalue weighted by molar-refractivity contribution is 0.253. The average molecular weight is 447 g/mol. The molecule has 0 aromatic heterocycles. The Hall–Kier alpha value is -3.10. The first-order valence-electron chi connectivity index (χ1n) is 8.88. The minimum absolute atomic E-state index is 0.0594. The Kier molecular flexibility index (Phi) is 5.13. The lowest BCUT2D eigenvalue weighted by Gasteiger charge is -2.36. The SMILES string of the molecule is COc1ccccc1N1C(=O)N(Cc2c(F)cccc2Cl)c2ccccc2S1(=O)=O. The van der Waals surface area contributed by atoms with Crippen LogP contribution in [0.15, 0.2) is 71.6 Å². The number of halogens is 2. The Morgan fingerprint density at radius 2 is 1.63 bits per heavy atom. The van der Waals surface area contributed by atoms with Crippen LogP contribution in [-0.4, -0.2) is 21.6 Å². The number of anilines is 2. The van der Waals surface area contributed by atoms with E-state index in [0.29, 0.717) is 4.31 Å². The van der Waals surface area contributed by atoms with Crippen LogP contribution in [0.3, 0.4) is 0 Å². The van der Waals surface area contributed by atoms with Crippen LogP contribution in [0.5, 0.6) is 5.75 Å². The Bertz CT molecular complexity index is 1230. The predicted molar refractivity (Wildman–Crippen MR) is 112 cm³/mol. The van der Waals surface area contributed by atoms with Gasteiger partial charge in [0.25, 0.3) is 10.0 Å². The van der Waals surface area contributed by atoms with E-state index >= 15 is 0 Å². The number of methoxy groups -OCH3 is 1. The van der Waals surface area contributed by atoms with E-state index in [9.17, 15) is 17.6 Å². The molecule has 1 heterocycles. The van der Waals surface area contributed by atoms with Gasteiger partial charge in [0.2, 0.25) is 0 Å². The summed E-state index contributed by atoms with van der Waals surface area (Å²) in [5, 5.41) is 0.137. The zero-order valence-corrected chi connectivity index (χ0v) is 17.3. The number of rotatable bonds is 4. The second-order valence-electron chi connectivity index (χ2n) is 6.48. The van der Waals surface area contributed by atoms with Crippen molar-refractivity contribution in [1.82, 2.24) is 0 Å². The lowest BCUT2D eigenvalue weighted by atomic mass is 10.1. The van der Waals surface area contributed by atoms with Crippen molar-refractivity contribution in [1.29, 1.82) is 0 Å². The smallest absolute Gasteiger partial charge is 0.343 e. The molecule has 0 atom stereocenters. The van der Waals surface area contributed by atoms with E-state index in [4.69, 9.17) is 16.3 Å². The van der Waals surface area contributed by atoms with Gasteiger partial charge < -0.3 is 4.74 Å². The fourth-order valence-electron chi connectivity index (χ4n) is 3.34. The molecule has 2 amide bonds. The maximum absolute atomic E-state index is 14.4. The van der Waals surface area contributed by atoms with Crippen molar-refractivity contribution in [3.63, 3.8) is 0 Å². The number of hydrogen-bond acceptors (Lipinski definition) is 4. The maximum Gasteiger partial charge on any atom is 0.343 e. The first-order chi connectivity index (χ1) is 14.4. The van der Waals surface area contributed by atoms with Gasteiger partial charge in [0, 0.05) is 10.6 Å². The fourth-order valence-corrected chi connectivity index (χ4v) is 5.16. The molecular formula is C21H16ClFN2O4S. The molecule has 6 nitrogen and oxygen atoms in total. The molecule has 4 rings (SSSR count). The molecular weight excluding hydrogens is 431 g/mol. The molecule has 154 valence electrons. The minimum atomic E-state index is -4.23. The molecule has 0 saturated heterocycles. The van der Waals surface area contributed by atoms with Crippen LogP contribution in [0.4, 0.5) is 20.6 Å². The molecule has 1 aliphatic rings. The third-order valence-electron chi connectivity index (χ3n) is 4.76. The standard InChI is InChI=1S/C21H16ClFN2O4S/c1-29-19-11-4-2-9-17(19)25-21(26)24(13-14-15(22)7-6-8-16(14)23)18-10-3-5-12-20(18)30(25,27)28/h2-12H,13H2,1H3. The van der Waals surface area contributed by atoms with Crippen molar-refractivity contribution in [2.24, 2.45) is 0 Å². The number of ether oxygens (including phenoxy) is 1. The molecule has 0 radical (unpaired) electrons. The van der Waals surface area contributed by atoms with E-state index in [1.165, 1.54) is 48.4 Å². The largest absolute Gasteiger partial charge is 0.495 e. The third-order valence-corrected chi connectivity index (χ3v) is 6.85. The predicted octanol–water partition coefficient (Wildman–Crippen LogP) is 4.82. The highest BCUT2D eigenvalue weighted by molar-refractivity contribution is 7.94. The van der Waals surface area contributed by atoms with Crippen molar-refractivity contribution < 1.29 is 22.3 Å². The number of benzene rings is 3. The van der Waals surface area contributed by atoms with Crippen molar-refractivity contribution in [3.8, 4) is 5.75 Å². The second-order valence-corrected chi connectivity index (χ2v) is 8.64. The van der Waals surface area contributed by atoms with Gasteiger partial charge in [0.15, 0.2) is 0 Å². The summed E-state index contributed by atoms with van der Waals surface area (Å²) in [7, 11) is -2.85. The molecule has 9 heteroatoms. The molecule has 0 spiro atoms. The number of amides is 2. The molecule has 0 unspecified atom stereocenters. The van der Waals surface area contributed by atoms with Crippen LogP contribution in [-0.2, 0) is 16.6 Å². The summed E-state index contributed by atoms with van der Waals surface area (Å²) in [5.41, 5.74) is 0.290. The summed E-state index contributed by atoms with van der Waals surface area (Å²) in [4.78, 5) is 14.6. The van der Waals surface area contributed by atoms with Crippen LogP contribution < -0.4 is 13.9 Å². The Morgan fingerprint density at radius 3 is 2.33 bits per heavy atom. The minimum Gasteiger partial charge on any atom is -0.495 e. The number of urea groups is 1. The lowest BCUT2D eigenvalue weighted by Crippen LogP contribution is -2.51. The van der Waals surface area contributed by atoms with Gasteiger partial charge in [0.1, 0.15) is 22.1 Å². The van der Waals surface area contributed by atoms with E-state index in [2.05, 4.69) is 0 Å². The van der Waals surface area contributed by atoms with Gasteiger partial charge in [-0.1, -0.05) is 41.9 Å². The topological polar surface area (TPSA) is 66.9 Å². The molecule has 3 aromatic carbocycles. The molecule has 3 aromatic rings. The molecule has 0 fully saturated rings. The molecule has 0 N–H and O–H groups in total. The molecule has 30 heavy (non-hydrogen) atoms. The maximum atomic E-state index is 14.4. The van der Waals surface area contributed by atoms with E-state index in [1.54, 1.807) is 30.3 Å². The number of hydrogen-bond donors (Lipinski definition) is 0. The van der Waals surface area contributed by atoms with Crippen molar-refractivity contribution >= 4 is 39.0 Å².